The van der Waals surface area contributed by atoms with Gasteiger partial charge < -0.3 is 4.74 Å². The van der Waals surface area contributed by atoms with E-state index in [1.165, 1.54) is 17.0 Å². The van der Waals surface area contributed by atoms with Crippen molar-refractivity contribution >= 4 is 24.1 Å². The Balaban J connectivity index is 1.61. The molecule has 1 heterocycles. The third-order valence-electron chi connectivity index (χ3n) is 5.38. The molecular formula is C26H25N5O3S. The van der Waals surface area contributed by atoms with E-state index in [1.807, 2.05) is 55.5 Å². The maximum atomic E-state index is 11.8. The molecule has 8 nitrogen and oxygen atoms in total. The topological polar surface area (TPSA) is 98.3 Å². The second-order valence-electron chi connectivity index (χ2n) is 9.14. The van der Waals surface area contributed by atoms with Crippen LogP contribution in [0.25, 0.3) is 11.4 Å². The van der Waals surface area contributed by atoms with Gasteiger partial charge >= 0.3 is 5.69 Å². The highest BCUT2D eigenvalue weighted by Crippen LogP contribution is 2.33. The van der Waals surface area contributed by atoms with E-state index in [-0.39, 0.29) is 16.9 Å². The summed E-state index contributed by atoms with van der Waals surface area (Å²) in [4.78, 5) is 11.3. The van der Waals surface area contributed by atoms with Crippen molar-refractivity contribution in [3.05, 3.63) is 98.3 Å². The Hall–Kier alpha value is -4.11. The molecule has 0 fully saturated rings. The van der Waals surface area contributed by atoms with Gasteiger partial charge in [-0.05, 0) is 60.5 Å². The minimum Gasteiger partial charge on any atom is -0.450 e. The highest BCUT2D eigenvalue weighted by molar-refractivity contribution is 7.71. The Morgan fingerprint density at radius 1 is 1.11 bits per heavy atom. The second-order valence-corrected chi connectivity index (χ2v) is 9.53. The molecule has 9 heteroatoms. The maximum Gasteiger partial charge on any atom is 0.312 e. The van der Waals surface area contributed by atoms with Crippen LogP contribution in [0.5, 0.6) is 11.5 Å². The predicted octanol–water partition coefficient (Wildman–Crippen LogP) is 6.80. The van der Waals surface area contributed by atoms with Gasteiger partial charge in [0.15, 0.2) is 5.82 Å². The van der Waals surface area contributed by atoms with E-state index >= 15 is 0 Å². The molecule has 0 atom stereocenters. The molecule has 0 bridgehead atoms. The fraction of sp³-hybridized carbons (Fsp3) is 0.192. The van der Waals surface area contributed by atoms with Gasteiger partial charge in [0.1, 0.15) is 5.75 Å². The summed E-state index contributed by atoms with van der Waals surface area (Å²) in [6.45, 7) is 8.35. The molecule has 0 aliphatic rings. The number of nitro groups is 1. The van der Waals surface area contributed by atoms with Crippen LogP contribution < -0.4 is 4.74 Å². The van der Waals surface area contributed by atoms with Gasteiger partial charge in [-0.2, -0.15) is 14.9 Å². The summed E-state index contributed by atoms with van der Waals surface area (Å²) in [5, 5.41) is 23.2. The van der Waals surface area contributed by atoms with Crippen LogP contribution in [0.1, 0.15) is 37.5 Å². The molecule has 0 amide bonds. The summed E-state index contributed by atoms with van der Waals surface area (Å²) in [7, 11) is 0. The van der Waals surface area contributed by atoms with Crippen LogP contribution in [0.15, 0.2) is 71.8 Å². The molecule has 178 valence electrons. The lowest BCUT2D eigenvalue weighted by Crippen LogP contribution is -2.10. The van der Waals surface area contributed by atoms with Gasteiger partial charge in [0.2, 0.25) is 10.5 Å². The number of hydrogen-bond donors (Lipinski definition) is 1. The molecule has 0 saturated carbocycles. The highest BCUT2D eigenvalue weighted by atomic mass is 32.1. The van der Waals surface area contributed by atoms with Crippen LogP contribution in [-0.4, -0.2) is 26.0 Å². The maximum absolute atomic E-state index is 11.8. The monoisotopic (exact) mass is 487 g/mol. The number of nitro benzene ring substituents is 1. The van der Waals surface area contributed by atoms with Crippen molar-refractivity contribution in [3.8, 4) is 22.9 Å². The fourth-order valence-corrected chi connectivity index (χ4v) is 3.67. The molecule has 3 aromatic carbocycles. The van der Waals surface area contributed by atoms with Crippen LogP contribution in [-0.2, 0) is 5.41 Å². The number of aryl methyl sites for hydroxylation is 1. The first-order valence-corrected chi connectivity index (χ1v) is 11.4. The molecule has 0 radical (unpaired) electrons. The summed E-state index contributed by atoms with van der Waals surface area (Å²) in [6.07, 6.45) is 1.50. The van der Waals surface area contributed by atoms with E-state index in [2.05, 4.69) is 36.1 Å². The summed E-state index contributed by atoms with van der Waals surface area (Å²) < 4.78 is 7.62. The lowest BCUT2D eigenvalue weighted by molar-refractivity contribution is -0.385. The van der Waals surface area contributed by atoms with Gasteiger partial charge in [-0.1, -0.05) is 56.7 Å². The van der Waals surface area contributed by atoms with Crippen molar-refractivity contribution in [1.82, 2.24) is 14.9 Å². The molecule has 0 spiro atoms. The van der Waals surface area contributed by atoms with Gasteiger partial charge in [-0.25, -0.2) is 5.10 Å². The molecule has 0 unspecified atom stereocenters. The second kappa shape index (κ2) is 9.63. The van der Waals surface area contributed by atoms with Gasteiger partial charge in [0.05, 0.1) is 11.1 Å². The van der Waals surface area contributed by atoms with Crippen LogP contribution >= 0.6 is 12.2 Å². The fourth-order valence-electron chi connectivity index (χ4n) is 3.49. The molecule has 1 N–H and O–H groups in total. The summed E-state index contributed by atoms with van der Waals surface area (Å²) >= 11 is 5.32. The number of nitrogens with one attached hydrogen (secondary N) is 1. The van der Waals surface area contributed by atoms with Crippen molar-refractivity contribution < 1.29 is 9.66 Å². The van der Waals surface area contributed by atoms with Gasteiger partial charge in [-0.15, -0.1) is 0 Å². The number of rotatable bonds is 6. The normalized spacial score (nSPS) is 11.7. The zero-order valence-corrected chi connectivity index (χ0v) is 20.7. The number of aromatic nitrogens is 3. The minimum absolute atomic E-state index is 0.00258. The predicted molar refractivity (Wildman–Crippen MR) is 139 cm³/mol. The van der Waals surface area contributed by atoms with E-state index in [9.17, 15) is 10.1 Å². The third kappa shape index (κ3) is 5.52. The van der Waals surface area contributed by atoms with Crippen LogP contribution in [0.4, 0.5) is 5.69 Å². The Morgan fingerprint density at radius 2 is 1.86 bits per heavy atom. The van der Waals surface area contributed by atoms with E-state index < -0.39 is 4.92 Å². The van der Waals surface area contributed by atoms with E-state index in [0.29, 0.717) is 21.9 Å². The van der Waals surface area contributed by atoms with E-state index in [1.54, 1.807) is 12.1 Å². The standard InChI is InChI=1S/C26H25N5O3S/c1-17-6-5-7-19(14-17)24-28-29-25(35)30(24)27-16-18-8-13-23(22(15-18)31(32)33)34-21-11-9-20(10-12-21)26(2,3)4/h5-16H,1-4H3,(H,29,35)/b27-16-. The van der Waals surface area contributed by atoms with E-state index in [4.69, 9.17) is 17.0 Å². The molecule has 0 aliphatic heterocycles. The summed E-state index contributed by atoms with van der Waals surface area (Å²) in [5.74, 6) is 1.22. The van der Waals surface area contributed by atoms with Crippen LogP contribution in [0.2, 0.25) is 0 Å². The number of hydrogen-bond acceptors (Lipinski definition) is 6. The molecule has 1 aromatic heterocycles. The molecular weight excluding hydrogens is 462 g/mol. The Bertz CT molecular complexity index is 1460. The van der Waals surface area contributed by atoms with Crippen molar-refractivity contribution in [2.75, 3.05) is 0 Å². The van der Waals surface area contributed by atoms with Crippen molar-refractivity contribution in [2.45, 2.75) is 33.1 Å². The van der Waals surface area contributed by atoms with Crippen molar-refractivity contribution in [3.63, 3.8) is 0 Å². The minimum atomic E-state index is -0.474. The first-order chi connectivity index (χ1) is 16.6. The smallest absolute Gasteiger partial charge is 0.312 e. The third-order valence-corrected chi connectivity index (χ3v) is 5.64. The Morgan fingerprint density at radius 3 is 2.51 bits per heavy atom. The largest absolute Gasteiger partial charge is 0.450 e. The molecule has 0 aliphatic carbocycles. The summed E-state index contributed by atoms with van der Waals surface area (Å²) in [6, 6.07) is 20.0. The molecule has 35 heavy (non-hydrogen) atoms. The zero-order chi connectivity index (χ0) is 25.2. The Labute approximate surface area is 208 Å². The highest BCUT2D eigenvalue weighted by Gasteiger charge is 2.18. The number of ether oxygens (including phenoxy) is 1. The van der Waals surface area contributed by atoms with Crippen molar-refractivity contribution in [2.24, 2.45) is 5.10 Å². The number of aromatic amines is 1. The molecule has 4 aromatic rings. The number of H-pyrrole nitrogens is 1. The zero-order valence-electron chi connectivity index (χ0n) is 19.9. The Kier molecular flexibility index (Phi) is 6.61. The number of nitrogens with zero attached hydrogens (tertiary/aromatic N) is 4. The summed E-state index contributed by atoms with van der Waals surface area (Å²) in [5.41, 5.74) is 3.43. The molecule has 0 saturated heterocycles. The van der Waals surface area contributed by atoms with Gasteiger partial charge in [-0.3, -0.25) is 10.1 Å². The quantitative estimate of drug-likeness (QED) is 0.140. The first kappa shape index (κ1) is 24.0. The lowest BCUT2D eigenvalue weighted by Gasteiger charge is -2.19. The number of benzene rings is 3. The van der Waals surface area contributed by atoms with Crippen molar-refractivity contribution in [1.29, 1.82) is 0 Å². The van der Waals surface area contributed by atoms with Gasteiger partial charge in [0, 0.05) is 17.2 Å². The first-order valence-electron chi connectivity index (χ1n) is 11.0. The average Bonchev–Trinajstić information content (AvgIpc) is 3.18. The lowest BCUT2D eigenvalue weighted by atomic mass is 9.87. The van der Waals surface area contributed by atoms with Crippen LogP contribution in [0.3, 0.4) is 0 Å². The van der Waals surface area contributed by atoms with E-state index in [0.717, 1.165) is 16.7 Å². The molecule has 4 rings (SSSR count). The van der Waals surface area contributed by atoms with Crippen LogP contribution in [0, 0.1) is 21.8 Å². The SMILES string of the molecule is Cc1cccc(-c2n[nH]c(=S)n2/N=C\c2ccc(Oc3ccc(C(C)(C)C)cc3)c([N+](=O)[O-])c2)c1. The van der Waals surface area contributed by atoms with Gasteiger partial charge in [0.25, 0.3) is 0 Å². The average molecular weight is 488 g/mol.